The molecular formula is C16H22N2. The average molecular weight is 242 g/mol. The summed E-state index contributed by atoms with van der Waals surface area (Å²) in [6, 6.07) is 4.45. The van der Waals surface area contributed by atoms with Gasteiger partial charge >= 0.3 is 0 Å². The molecule has 1 aliphatic rings. The van der Waals surface area contributed by atoms with Crippen molar-refractivity contribution in [3.05, 3.63) is 29.1 Å². The molecule has 1 aliphatic carbocycles. The largest absolute Gasteiger partial charge is 0.341 e. The molecule has 2 nitrogen and oxygen atoms in total. The fourth-order valence-corrected chi connectivity index (χ4v) is 3.33. The lowest BCUT2D eigenvalue weighted by Crippen LogP contribution is -2.22. The minimum atomic E-state index is 0.320. The first-order valence-corrected chi connectivity index (χ1v) is 7.12. The van der Waals surface area contributed by atoms with Crippen LogP contribution in [-0.2, 0) is 5.41 Å². The Bertz CT molecular complexity index is 535. The zero-order chi connectivity index (χ0) is 12.8. The summed E-state index contributed by atoms with van der Waals surface area (Å²) in [7, 11) is 0. The van der Waals surface area contributed by atoms with Crippen LogP contribution in [-0.4, -0.2) is 9.97 Å². The van der Waals surface area contributed by atoms with E-state index in [0.29, 0.717) is 5.41 Å². The molecule has 0 spiro atoms. The number of H-pyrrole nitrogens is 1. The van der Waals surface area contributed by atoms with Gasteiger partial charge in [0, 0.05) is 5.41 Å². The van der Waals surface area contributed by atoms with Gasteiger partial charge in [-0.15, -0.1) is 0 Å². The van der Waals surface area contributed by atoms with Crippen LogP contribution in [0.4, 0.5) is 0 Å². The van der Waals surface area contributed by atoms with E-state index in [9.17, 15) is 0 Å². The molecule has 0 radical (unpaired) electrons. The second kappa shape index (κ2) is 4.11. The van der Waals surface area contributed by atoms with Gasteiger partial charge in [0.1, 0.15) is 5.82 Å². The molecule has 0 saturated heterocycles. The standard InChI is InChI=1S/C16H22N2/c1-4-16(7-5-6-8-16)15-17-13-9-11(2)12(3)10-14(13)18-15/h9-10H,4-8H2,1-3H3,(H,17,18). The fraction of sp³-hybridized carbons (Fsp3) is 0.562. The molecule has 1 aromatic heterocycles. The lowest BCUT2D eigenvalue weighted by molar-refractivity contribution is 0.403. The average Bonchev–Trinajstić information content (AvgIpc) is 2.96. The quantitative estimate of drug-likeness (QED) is 0.830. The van der Waals surface area contributed by atoms with Gasteiger partial charge in [-0.2, -0.15) is 0 Å². The number of hydrogen-bond donors (Lipinski definition) is 1. The molecule has 0 atom stereocenters. The Hall–Kier alpha value is -1.31. The second-order valence-corrected chi connectivity index (χ2v) is 5.88. The maximum Gasteiger partial charge on any atom is 0.113 e. The number of aromatic amines is 1. The molecule has 96 valence electrons. The topological polar surface area (TPSA) is 28.7 Å². The van der Waals surface area contributed by atoms with Crippen LogP contribution in [0, 0.1) is 13.8 Å². The van der Waals surface area contributed by atoms with E-state index in [1.54, 1.807) is 0 Å². The van der Waals surface area contributed by atoms with Gasteiger partial charge in [0.05, 0.1) is 11.0 Å². The van der Waals surface area contributed by atoms with E-state index in [2.05, 4.69) is 37.9 Å². The molecule has 2 aromatic rings. The van der Waals surface area contributed by atoms with Gasteiger partial charge in [-0.05, 0) is 56.4 Å². The van der Waals surface area contributed by atoms with Gasteiger partial charge in [-0.1, -0.05) is 19.8 Å². The fourth-order valence-electron chi connectivity index (χ4n) is 3.33. The summed E-state index contributed by atoms with van der Waals surface area (Å²) in [5, 5.41) is 0. The molecule has 1 heterocycles. The van der Waals surface area contributed by atoms with Crippen molar-refractivity contribution < 1.29 is 0 Å². The van der Waals surface area contributed by atoms with Gasteiger partial charge in [-0.3, -0.25) is 0 Å². The van der Waals surface area contributed by atoms with E-state index >= 15 is 0 Å². The van der Waals surface area contributed by atoms with Crippen molar-refractivity contribution in [3.8, 4) is 0 Å². The summed E-state index contributed by atoms with van der Waals surface area (Å²) >= 11 is 0. The van der Waals surface area contributed by atoms with E-state index in [4.69, 9.17) is 4.98 Å². The lowest BCUT2D eigenvalue weighted by Gasteiger charge is -2.24. The Balaban J connectivity index is 2.13. The van der Waals surface area contributed by atoms with Crippen molar-refractivity contribution >= 4 is 11.0 Å². The third-order valence-electron chi connectivity index (χ3n) is 4.84. The highest BCUT2D eigenvalue weighted by Crippen LogP contribution is 2.42. The number of imidazole rings is 1. The third kappa shape index (κ3) is 1.66. The van der Waals surface area contributed by atoms with E-state index in [0.717, 1.165) is 5.52 Å². The molecule has 0 amide bonds. The smallest absolute Gasteiger partial charge is 0.113 e. The number of hydrogen-bond acceptors (Lipinski definition) is 1. The number of aromatic nitrogens is 2. The zero-order valence-electron chi connectivity index (χ0n) is 11.6. The van der Waals surface area contributed by atoms with Crippen molar-refractivity contribution in [3.63, 3.8) is 0 Å². The molecule has 0 aliphatic heterocycles. The first-order valence-electron chi connectivity index (χ1n) is 7.12. The van der Waals surface area contributed by atoms with Gasteiger partial charge in [0.2, 0.25) is 0 Å². The summed E-state index contributed by atoms with van der Waals surface area (Å²) in [5.74, 6) is 1.22. The number of nitrogens with one attached hydrogen (secondary N) is 1. The summed E-state index contributed by atoms with van der Waals surface area (Å²) in [5.41, 5.74) is 5.33. The molecule has 1 saturated carbocycles. The van der Waals surface area contributed by atoms with Gasteiger partial charge < -0.3 is 4.98 Å². The highest BCUT2D eigenvalue weighted by molar-refractivity contribution is 5.77. The first kappa shape index (κ1) is 11.8. The molecule has 2 heteroatoms. The molecule has 1 fully saturated rings. The van der Waals surface area contributed by atoms with Gasteiger partial charge in [0.25, 0.3) is 0 Å². The number of aryl methyl sites for hydroxylation is 2. The normalized spacial score (nSPS) is 18.6. The van der Waals surface area contributed by atoms with Gasteiger partial charge in [0.15, 0.2) is 0 Å². The Morgan fingerprint density at radius 2 is 1.83 bits per heavy atom. The summed E-state index contributed by atoms with van der Waals surface area (Å²) in [6.45, 7) is 6.63. The Morgan fingerprint density at radius 3 is 2.50 bits per heavy atom. The Morgan fingerprint density at radius 1 is 1.17 bits per heavy atom. The van der Waals surface area contributed by atoms with Crippen LogP contribution < -0.4 is 0 Å². The molecular weight excluding hydrogens is 220 g/mol. The minimum absolute atomic E-state index is 0.320. The molecule has 0 unspecified atom stereocenters. The summed E-state index contributed by atoms with van der Waals surface area (Å²) in [6.07, 6.45) is 6.49. The Labute approximate surface area is 109 Å². The maximum absolute atomic E-state index is 4.88. The van der Waals surface area contributed by atoms with Crippen molar-refractivity contribution in [1.29, 1.82) is 0 Å². The highest BCUT2D eigenvalue weighted by Gasteiger charge is 2.36. The number of benzene rings is 1. The SMILES string of the molecule is CCC1(c2nc3cc(C)c(C)cc3[nH]2)CCCC1. The van der Waals surface area contributed by atoms with Crippen LogP contribution in [0.3, 0.4) is 0 Å². The highest BCUT2D eigenvalue weighted by atomic mass is 14.9. The number of rotatable bonds is 2. The van der Waals surface area contributed by atoms with Crippen molar-refractivity contribution in [2.75, 3.05) is 0 Å². The molecule has 3 rings (SSSR count). The van der Waals surface area contributed by atoms with Gasteiger partial charge in [-0.25, -0.2) is 4.98 Å². The zero-order valence-corrected chi connectivity index (χ0v) is 11.6. The second-order valence-electron chi connectivity index (χ2n) is 5.88. The first-order chi connectivity index (χ1) is 8.64. The third-order valence-corrected chi connectivity index (χ3v) is 4.84. The van der Waals surface area contributed by atoms with E-state index < -0.39 is 0 Å². The molecule has 18 heavy (non-hydrogen) atoms. The van der Waals surface area contributed by atoms with Crippen LogP contribution >= 0.6 is 0 Å². The monoisotopic (exact) mass is 242 g/mol. The molecule has 1 aromatic carbocycles. The predicted molar refractivity (Wildman–Crippen MR) is 76.0 cm³/mol. The summed E-state index contributed by atoms with van der Waals surface area (Å²) < 4.78 is 0. The number of nitrogens with zero attached hydrogens (tertiary/aromatic N) is 1. The van der Waals surface area contributed by atoms with Crippen molar-refractivity contribution in [2.24, 2.45) is 0 Å². The maximum atomic E-state index is 4.88. The predicted octanol–water partition coefficient (Wildman–Crippen LogP) is 4.40. The minimum Gasteiger partial charge on any atom is -0.341 e. The van der Waals surface area contributed by atoms with Crippen molar-refractivity contribution in [2.45, 2.75) is 58.3 Å². The van der Waals surface area contributed by atoms with Crippen LogP contribution in [0.25, 0.3) is 11.0 Å². The molecule has 1 N–H and O–H groups in total. The lowest BCUT2D eigenvalue weighted by atomic mass is 9.83. The summed E-state index contributed by atoms with van der Waals surface area (Å²) in [4.78, 5) is 8.47. The Kier molecular flexibility index (Phi) is 2.69. The van der Waals surface area contributed by atoms with Crippen LogP contribution in [0.2, 0.25) is 0 Å². The van der Waals surface area contributed by atoms with E-state index in [1.165, 1.54) is 54.6 Å². The van der Waals surface area contributed by atoms with E-state index in [1.807, 2.05) is 0 Å². The van der Waals surface area contributed by atoms with Crippen LogP contribution in [0.5, 0.6) is 0 Å². The van der Waals surface area contributed by atoms with Crippen molar-refractivity contribution in [1.82, 2.24) is 9.97 Å². The number of fused-ring (bicyclic) bond motifs is 1. The van der Waals surface area contributed by atoms with E-state index in [-0.39, 0.29) is 0 Å². The van der Waals surface area contributed by atoms with Crippen LogP contribution in [0.15, 0.2) is 12.1 Å². The van der Waals surface area contributed by atoms with Crippen LogP contribution in [0.1, 0.15) is 56.0 Å². The molecule has 0 bridgehead atoms.